The van der Waals surface area contributed by atoms with Crippen LogP contribution in [0.15, 0.2) is 47.6 Å². The first-order valence-electron chi connectivity index (χ1n) is 7.59. The SMILES string of the molecule is O=C(CNS(=O)(=O)c1ccc2c(c1)OCCO2)NCc1ccncc1. The van der Waals surface area contributed by atoms with E-state index in [2.05, 4.69) is 15.0 Å². The molecule has 25 heavy (non-hydrogen) atoms. The Morgan fingerprint density at radius 3 is 2.56 bits per heavy atom. The number of aromatic nitrogens is 1. The summed E-state index contributed by atoms with van der Waals surface area (Å²) in [5.41, 5.74) is 0.873. The van der Waals surface area contributed by atoms with Gasteiger partial charge in [-0.15, -0.1) is 0 Å². The number of benzene rings is 1. The van der Waals surface area contributed by atoms with Crippen molar-refractivity contribution in [3.05, 3.63) is 48.3 Å². The van der Waals surface area contributed by atoms with Crippen molar-refractivity contribution in [1.29, 1.82) is 0 Å². The molecule has 0 bridgehead atoms. The molecule has 2 N–H and O–H groups in total. The largest absolute Gasteiger partial charge is 0.486 e. The molecule has 1 amide bonds. The Morgan fingerprint density at radius 2 is 1.80 bits per heavy atom. The second-order valence-electron chi connectivity index (χ2n) is 5.26. The van der Waals surface area contributed by atoms with E-state index in [0.29, 0.717) is 31.3 Å². The Kier molecular flexibility index (Phi) is 5.15. The monoisotopic (exact) mass is 363 g/mol. The minimum Gasteiger partial charge on any atom is -0.486 e. The summed E-state index contributed by atoms with van der Waals surface area (Å²) in [4.78, 5) is 15.7. The summed E-state index contributed by atoms with van der Waals surface area (Å²) < 4.78 is 37.6. The molecule has 9 heteroatoms. The van der Waals surface area contributed by atoms with Gasteiger partial charge in [0.05, 0.1) is 11.4 Å². The fraction of sp³-hybridized carbons (Fsp3) is 0.250. The molecule has 0 unspecified atom stereocenters. The lowest BCUT2D eigenvalue weighted by atomic mass is 10.3. The Labute approximate surface area is 145 Å². The van der Waals surface area contributed by atoms with Crippen molar-refractivity contribution >= 4 is 15.9 Å². The van der Waals surface area contributed by atoms with Gasteiger partial charge in [-0.05, 0) is 29.8 Å². The number of carbonyl (C=O) groups excluding carboxylic acids is 1. The number of hydrogen-bond donors (Lipinski definition) is 2. The van der Waals surface area contributed by atoms with Crippen LogP contribution in [0.4, 0.5) is 0 Å². The predicted molar refractivity (Wildman–Crippen MR) is 88.7 cm³/mol. The first-order chi connectivity index (χ1) is 12.0. The number of nitrogens with zero attached hydrogens (tertiary/aromatic N) is 1. The number of sulfonamides is 1. The summed E-state index contributed by atoms with van der Waals surface area (Å²) in [6, 6.07) is 7.85. The number of fused-ring (bicyclic) bond motifs is 1. The standard InChI is InChI=1S/C16H17N3O5S/c20-16(18-10-12-3-5-17-6-4-12)11-19-25(21,22)13-1-2-14-15(9-13)24-8-7-23-14/h1-6,9,19H,7-8,10-11H2,(H,18,20). The molecule has 2 heterocycles. The average molecular weight is 363 g/mol. The average Bonchev–Trinajstić information content (AvgIpc) is 2.65. The van der Waals surface area contributed by atoms with Crippen LogP contribution in [-0.4, -0.2) is 39.1 Å². The molecule has 0 aliphatic carbocycles. The van der Waals surface area contributed by atoms with Gasteiger partial charge in [-0.25, -0.2) is 13.1 Å². The highest BCUT2D eigenvalue weighted by Gasteiger charge is 2.20. The summed E-state index contributed by atoms with van der Waals surface area (Å²) in [6.45, 7) is 0.727. The fourth-order valence-electron chi connectivity index (χ4n) is 2.20. The van der Waals surface area contributed by atoms with Crippen molar-refractivity contribution in [2.24, 2.45) is 0 Å². The summed E-state index contributed by atoms with van der Waals surface area (Å²) >= 11 is 0. The lowest BCUT2D eigenvalue weighted by Crippen LogP contribution is -2.36. The number of nitrogens with one attached hydrogen (secondary N) is 2. The molecule has 0 atom stereocenters. The first kappa shape index (κ1) is 17.2. The highest BCUT2D eigenvalue weighted by atomic mass is 32.2. The molecule has 0 fully saturated rings. The summed E-state index contributed by atoms with van der Waals surface area (Å²) in [7, 11) is -3.83. The zero-order valence-electron chi connectivity index (χ0n) is 13.3. The number of pyridine rings is 1. The number of amides is 1. The highest BCUT2D eigenvalue weighted by molar-refractivity contribution is 7.89. The maximum absolute atomic E-state index is 12.3. The summed E-state index contributed by atoms with van der Waals surface area (Å²) in [6.07, 6.45) is 3.23. The van der Waals surface area contributed by atoms with Gasteiger partial charge >= 0.3 is 0 Å². The van der Waals surface area contributed by atoms with Crippen molar-refractivity contribution in [1.82, 2.24) is 15.0 Å². The van der Waals surface area contributed by atoms with Crippen LogP contribution < -0.4 is 19.5 Å². The van der Waals surface area contributed by atoms with E-state index in [1.165, 1.54) is 18.2 Å². The second-order valence-corrected chi connectivity index (χ2v) is 7.03. The molecule has 1 aliphatic rings. The summed E-state index contributed by atoms with van der Waals surface area (Å²) in [5.74, 6) is 0.439. The molecular formula is C16H17N3O5S. The van der Waals surface area contributed by atoms with Crippen LogP contribution in [0.25, 0.3) is 0 Å². The molecule has 1 aliphatic heterocycles. The van der Waals surface area contributed by atoms with Crippen molar-refractivity contribution in [3.8, 4) is 11.5 Å². The normalized spacial score (nSPS) is 13.3. The quantitative estimate of drug-likeness (QED) is 0.772. The van der Waals surface area contributed by atoms with Gasteiger partial charge in [0, 0.05) is 25.0 Å². The second kappa shape index (κ2) is 7.49. The van der Waals surface area contributed by atoms with Crippen LogP contribution in [-0.2, 0) is 21.4 Å². The van der Waals surface area contributed by atoms with E-state index in [1.807, 2.05) is 0 Å². The highest BCUT2D eigenvalue weighted by Crippen LogP contribution is 2.32. The van der Waals surface area contributed by atoms with Crippen LogP contribution in [0.5, 0.6) is 11.5 Å². The zero-order valence-corrected chi connectivity index (χ0v) is 14.1. The molecule has 0 saturated heterocycles. The fourth-order valence-corrected chi connectivity index (χ4v) is 3.20. The third-order valence-electron chi connectivity index (χ3n) is 3.49. The minimum absolute atomic E-state index is 0.0127. The first-order valence-corrected chi connectivity index (χ1v) is 9.08. The van der Waals surface area contributed by atoms with Gasteiger partial charge in [0.2, 0.25) is 15.9 Å². The van der Waals surface area contributed by atoms with Crippen LogP contribution in [0.3, 0.4) is 0 Å². The molecule has 2 aromatic rings. The zero-order chi connectivity index (χ0) is 17.7. The molecular weight excluding hydrogens is 346 g/mol. The lowest BCUT2D eigenvalue weighted by Gasteiger charge is -2.18. The van der Waals surface area contributed by atoms with Crippen LogP contribution in [0.2, 0.25) is 0 Å². The van der Waals surface area contributed by atoms with Crippen LogP contribution >= 0.6 is 0 Å². The lowest BCUT2D eigenvalue weighted by molar-refractivity contribution is -0.120. The van der Waals surface area contributed by atoms with Gasteiger partial charge in [0.1, 0.15) is 13.2 Å². The Hall–Kier alpha value is -2.65. The smallest absolute Gasteiger partial charge is 0.241 e. The maximum Gasteiger partial charge on any atom is 0.241 e. The number of hydrogen-bond acceptors (Lipinski definition) is 6. The van der Waals surface area contributed by atoms with E-state index < -0.39 is 15.9 Å². The Morgan fingerprint density at radius 1 is 1.08 bits per heavy atom. The molecule has 3 rings (SSSR count). The van der Waals surface area contributed by atoms with E-state index in [0.717, 1.165) is 5.56 Å². The number of carbonyl (C=O) groups is 1. The van der Waals surface area contributed by atoms with E-state index in [9.17, 15) is 13.2 Å². The van der Waals surface area contributed by atoms with Gasteiger partial charge in [0.15, 0.2) is 11.5 Å². The Balaban J connectivity index is 1.57. The van der Waals surface area contributed by atoms with E-state index in [1.54, 1.807) is 24.5 Å². The topological polar surface area (TPSA) is 107 Å². The molecule has 8 nitrogen and oxygen atoms in total. The maximum atomic E-state index is 12.3. The number of ether oxygens (including phenoxy) is 2. The third kappa shape index (κ3) is 4.46. The van der Waals surface area contributed by atoms with E-state index in [4.69, 9.17) is 9.47 Å². The molecule has 0 spiro atoms. The van der Waals surface area contributed by atoms with Crippen molar-refractivity contribution in [2.45, 2.75) is 11.4 Å². The van der Waals surface area contributed by atoms with E-state index >= 15 is 0 Å². The Bertz CT molecular complexity index is 855. The predicted octanol–water partition coefficient (Wildman–Crippen LogP) is 0.447. The summed E-state index contributed by atoms with van der Waals surface area (Å²) in [5, 5.41) is 2.63. The number of rotatable bonds is 6. The molecule has 0 radical (unpaired) electrons. The molecule has 1 aromatic carbocycles. The van der Waals surface area contributed by atoms with Crippen molar-refractivity contribution in [2.75, 3.05) is 19.8 Å². The van der Waals surface area contributed by atoms with Crippen LogP contribution in [0, 0.1) is 0 Å². The minimum atomic E-state index is -3.83. The molecule has 132 valence electrons. The van der Waals surface area contributed by atoms with Gasteiger partial charge in [-0.3, -0.25) is 9.78 Å². The van der Waals surface area contributed by atoms with Gasteiger partial charge in [-0.2, -0.15) is 0 Å². The van der Waals surface area contributed by atoms with Gasteiger partial charge in [-0.1, -0.05) is 0 Å². The third-order valence-corrected chi connectivity index (χ3v) is 4.88. The molecule has 0 saturated carbocycles. The van der Waals surface area contributed by atoms with Crippen LogP contribution in [0.1, 0.15) is 5.56 Å². The van der Waals surface area contributed by atoms with Gasteiger partial charge < -0.3 is 14.8 Å². The van der Waals surface area contributed by atoms with Crippen molar-refractivity contribution < 1.29 is 22.7 Å². The van der Waals surface area contributed by atoms with Crippen molar-refractivity contribution in [3.63, 3.8) is 0 Å². The molecule has 1 aromatic heterocycles. The van der Waals surface area contributed by atoms with Gasteiger partial charge in [0.25, 0.3) is 0 Å². The van der Waals surface area contributed by atoms with E-state index in [-0.39, 0.29) is 11.4 Å².